The third kappa shape index (κ3) is 2.35. The molecule has 1 N–H and O–H groups in total. The van der Waals surface area contributed by atoms with Gasteiger partial charge >= 0.3 is 0 Å². The predicted molar refractivity (Wildman–Crippen MR) is 51.1 cm³/mol. The number of likely N-dealkylation sites (N-methyl/N-ethyl adjacent to an activating group) is 1. The topological polar surface area (TPSA) is 72.7 Å². The van der Waals surface area contributed by atoms with Gasteiger partial charge in [-0.15, -0.1) is 10.2 Å². The highest BCUT2D eigenvalue weighted by molar-refractivity contribution is 5.93. The van der Waals surface area contributed by atoms with Crippen LogP contribution >= 0.6 is 0 Å². The molecule has 1 heterocycles. The van der Waals surface area contributed by atoms with E-state index in [1.807, 2.05) is 20.8 Å². The lowest BCUT2D eigenvalue weighted by Crippen LogP contribution is -2.25. The molecular weight excluding hydrogens is 182 g/mol. The monoisotopic (exact) mass is 197 g/mol. The largest absolute Gasteiger partial charge is 0.313 e. The minimum absolute atomic E-state index is 0.150. The first-order chi connectivity index (χ1) is 6.45. The molecule has 0 amide bonds. The van der Waals surface area contributed by atoms with Gasteiger partial charge in [0.1, 0.15) is 0 Å². The molecule has 0 aliphatic carbocycles. The van der Waals surface area contributed by atoms with Crippen LogP contribution in [0.2, 0.25) is 0 Å². The number of aromatic nitrogens is 4. The Balaban J connectivity index is 2.83. The lowest BCUT2D eigenvalue weighted by atomic mass is 10.1. The van der Waals surface area contributed by atoms with Crippen LogP contribution < -0.4 is 5.32 Å². The summed E-state index contributed by atoms with van der Waals surface area (Å²) >= 11 is 0. The Morgan fingerprint density at radius 2 is 2.14 bits per heavy atom. The lowest BCUT2D eigenvalue weighted by molar-refractivity contribution is 0.0983. The highest BCUT2D eigenvalue weighted by Gasteiger charge is 2.19. The van der Waals surface area contributed by atoms with Gasteiger partial charge in [0.05, 0.1) is 12.1 Å². The summed E-state index contributed by atoms with van der Waals surface area (Å²) in [5.74, 6) is 0.0114. The molecule has 0 aliphatic heterocycles. The summed E-state index contributed by atoms with van der Waals surface area (Å²) in [6, 6.07) is 0. The lowest BCUT2D eigenvalue weighted by Gasteiger charge is -2.15. The van der Waals surface area contributed by atoms with Gasteiger partial charge in [-0.2, -0.15) is 4.80 Å². The molecule has 1 aromatic rings. The standard InChI is InChI=1S/C8H15N5O/c1-8(2,3)13-11-7(10-12-13)6(14)5-9-4/h9H,5H2,1-4H3. The van der Waals surface area contributed by atoms with E-state index in [2.05, 4.69) is 20.7 Å². The third-order valence-electron chi connectivity index (χ3n) is 1.60. The van der Waals surface area contributed by atoms with E-state index in [1.54, 1.807) is 7.05 Å². The Bertz CT molecular complexity index is 325. The van der Waals surface area contributed by atoms with Gasteiger partial charge < -0.3 is 5.32 Å². The van der Waals surface area contributed by atoms with Gasteiger partial charge in [0.15, 0.2) is 0 Å². The number of nitrogens with zero attached hydrogens (tertiary/aromatic N) is 4. The van der Waals surface area contributed by atoms with Crippen molar-refractivity contribution in [1.29, 1.82) is 0 Å². The molecule has 1 aromatic heterocycles. The SMILES string of the molecule is CNCC(=O)c1nnn(C(C)(C)C)n1. The molecule has 0 aromatic carbocycles. The normalized spacial score (nSPS) is 11.7. The summed E-state index contributed by atoms with van der Waals surface area (Å²) < 4.78 is 0. The van der Waals surface area contributed by atoms with Crippen molar-refractivity contribution in [2.24, 2.45) is 0 Å². The Kier molecular flexibility index (Phi) is 2.95. The van der Waals surface area contributed by atoms with Crippen molar-refractivity contribution in [2.75, 3.05) is 13.6 Å². The second-order valence-electron chi connectivity index (χ2n) is 4.03. The first-order valence-corrected chi connectivity index (χ1v) is 4.43. The number of carbonyl (C=O) groups excluding carboxylic acids is 1. The van der Waals surface area contributed by atoms with Gasteiger partial charge in [-0.1, -0.05) is 0 Å². The van der Waals surface area contributed by atoms with E-state index < -0.39 is 0 Å². The highest BCUT2D eigenvalue weighted by Crippen LogP contribution is 2.08. The zero-order valence-electron chi connectivity index (χ0n) is 8.90. The summed E-state index contributed by atoms with van der Waals surface area (Å²) in [4.78, 5) is 12.8. The summed E-state index contributed by atoms with van der Waals surface area (Å²) in [7, 11) is 1.70. The van der Waals surface area contributed by atoms with Crippen LogP contribution in [0.3, 0.4) is 0 Å². The number of rotatable bonds is 3. The van der Waals surface area contributed by atoms with Crippen molar-refractivity contribution in [1.82, 2.24) is 25.5 Å². The van der Waals surface area contributed by atoms with Gasteiger partial charge in [-0.25, -0.2) is 0 Å². The molecule has 14 heavy (non-hydrogen) atoms. The maximum atomic E-state index is 11.3. The zero-order chi connectivity index (χ0) is 10.8. The van der Waals surface area contributed by atoms with Crippen LogP contribution in [0.1, 0.15) is 31.4 Å². The second kappa shape index (κ2) is 3.83. The average Bonchev–Trinajstić information content (AvgIpc) is 2.51. The highest BCUT2D eigenvalue weighted by atomic mass is 16.1. The Hall–Kier alpha value is -1.30. The Morgan fingerprint density at radius 3 is 2.57 bits per heavy atom. The number of carbonyl (C=O) groups is 1. The van der Waals surface area contributed by atoms with Crippen molar-refractivity contribution in [2.45, 2.75) is 26.3 Å². The summed E-state index contributed by atoms with van der Waals surface area (Å²) in [6.07, 6.45) is 0. The fourth-order valence-corrected chi connectivity index (χ4v) is 0.850. The van der Waals surface area contributed by atoms with Crippen LogP contribution in [0.25, 0.3) is 0 Å². The maximum absolute atomic E-state index is 11.3. The molecule has 0 saturated carbocycles. The molecule has 1 rings (SSSR count). The predicted octanol–water partition coefficient (Wildman–Crippen LogP) is -0.170. The first kappa shape index (κ1) is 10.8. The number of ketones is 1. The van der Waals surface area contributed by atoms with E-state index in [1.165, 1.54) is 4.80 Å². The fourth-order valence-electron chi connectivity index (χ4n) is 0.850. The van der Waals surface area contributed by atoms with Crippen molar-refractivity contribution in [3.05, 3.63) is 5.82 Å². The molecule has 0 fully saturated rings. The Morgan fingerprint density at radius 1 is 1.50 bits per heavy atom. The molecule has 0 saturated heterocycles. The molecule has 0 radical (unpaired) electrons. The molecule has 78 valence electrons. The molecule has 0 aliphatic rings. The van der Waals surface area contributed by atoms with Gasteiger partial charge in [-0.3, -0.25) is 4.79 Å². The van der Waals surface area contributed by atoms with E-state index in [4.69, 9.17) is 0 Å². The number of Topliss-reactive ketones (excluding diaryl/α,β-unsaturated/α-hetero) is 1. The van der Waals surface area contributed by atoms with Crippen molar-refractivity contribution in [3.8, 4) is 0 Å². The smallest absolute Gasteiger partial charge is 0.241 e. The summed E-state index contributed by atoms with van der Waals surface area (Å²) in [6.45, 7) is 6.07. The minimum Gasteiger partial charge on any atom is -0.313 e. The second-order valence-corrected chi connectivity index (χ2v) is 4.03. The molecular formula is C8H15N5O. The Labute approximate surface area is 82.7 Å². The minimum atomic E-state index is -0.245. The van der Waals surface area contributed by atoms with E-state index in [-0.39, 0.29) is 23.7 Å². The summed E-state index contributed by atoms with van der Waals surface area (Å²) in [5, 5.41) is 14.3. The molecule has 0 spiro atoms. The number of tetrazole rings is 1. The molecule has 6 heteroatoms. The summed E-state index contributed by atoms with van der Waals surface area (Å²) in [5.41, 5.74) is -0.245. The van der Waals surface area contributed by atoms with Crippen LogP contribution in [-0.4, -0.2) is 39.6 Å². The van der Waals surface area contributed by atoms with E-state index in [0.717, 1.165) is 0 Å². The maximum Gasteiger partial charge on any atom is 0.241 e. The van der Waals surface area contributed by atoms with E-state index in [0.29, 0.717) is 0 Å². The van der Waals surface area contributed by atoms with Crippen molar-refractivity contribution in [3.63, 3.8) is 0 Å². The molecule has 0 atom stereocenters. The van der Waals surface area contributed by atoms with Crippen LogP contribution in [-0.2, 0) is 5.54 Å². The number of nitrogens with one attached hydrogen (secondary N) is 1. The van der Waals surface area contributed by atoms with Crippen LogP contribution in [0.15, 0.2) is 0 Å². The van der Waals surface area contributed by atoms with Crippen LogP contribution in [0.5, 0.6) is 0 Å². The molecule has 0 unspecified atom stereocenters. The molecule has 0 bridgehead atoms. The van der Waals surface area contributed by atoms with Gasteiger partial charge in [0.25, 0.3) is 0 Å². The van der Waals surface area contributed by atoms with Gasteiger partial charge in [0, 0.05) is 0 Å². The average molecular weight is 197 g/mol. The number of hydrogen-bond donors (Lipinski definition) is 1. The zero-order valence-corrected chi connectivity index (χ0v) is 8.90. The number of hydrogen-bond acceptors (Lipinski definition) is 5. The van der Waals surface area contributed by atoms with E-state index >= 15 is 0 Å². The molecule has 6 nitrogen and oxygen atoms in total. The van der Waals surface area contributed by atoms with Crippen molar-refractivity contribution < 1.29 is 4.79 Å². The van der Waals surface area contributed by atoms with Gasteiger partial charge in [-0.05, 0) is 33.0 Å². The van der Waals surface area contributed by atoms with Crippen LogP contribution in [0, 0.1) is 0 Å². The van der Waals surface area contributed by atoms with Crippen molar-refractivity contribution >= 4 is 5.78 Å². The van der Waals surface area contributed by atoms with E-state index in [9.17, 15) is 4.79 Å². The first-order valence-electron chi connectivity index (χ1n) is 4.43. The fraction of sp³-hybridized carbons (Fsp3) is 0.750. The third-order valence-corrected chi connectivity index (χ3v) is 1.60. The van der Waals surface area contributed by atoms with Crippen LogP contribution in [0.4, 0.5) is 0 Å². The van der Waals surface area contributed by atoms with Gasteiger partial charge in [0.2, 0.25) is 11.6 Å². The quantitative estimate of drug-likeness (QED) is 0.681.